The molecule has 0 saturated carbocycles. The molecular formula is C18H25F2N7O4P+. The lowest BCUT2D eigenvalue weighted by Crippen LogP contribution is -2.63. The van der Waals surface area contributed by atoms with Gasteiger partial charge in [0.2, 0.25) is 0 Å². The lowest BCUT2D eigenvalue weighted by Gasteiger charge is -2.50. The van der Waals surface area contributed by atoms with Gasteiger partial charge in [0, 0.05) is 6.07 Å². The molecule has 0 aliphatic heterocycles. The van der Waals surface area contributed by atoms with E-state index < -0.39 is 37.5 Å². The first-order valence-electron chi connectivity index (χ1n) is 9.54. The topological polar surface area (TPSA) is 128 Å². The van der Waals surface area contributed by atoms with Gasteiger partial charge in [-0.05, 0) is 12.1 Å². The number of quaternary nitrogens is 1. The Morgan fingerprint density at radius 2 is 1.66 bits per heavy atom. The van der Waals surface area contributed by atoms with Gasteiger partial charge in [-0.1, -0.05) is 0 Å². The quantitative estimate of drug-likeness (QED) is 0.333. The molecule has 0 saturated heterocycles. The van der Waals surface area contributed by atoms with Gasteiger partial charge in [-0.3, -0.25) is 13.9 Å². The number of phosphoric acid groups is 1. The van der Waals surface area contributed by atoms with Crippen LogP contribution in [-0.2, 0) is 27.7 Å². The molecule has 32 heavy (non-hydrogen) atoms. The zero-order valence-corrected chi connectivity index (χ0v) is 18.7. The summed E-state index contributed by atoms with van der Waals surface area (Å²) in [6.45, 7) is -0.245. The monoisotopic (exact) mass is 472 g/mol. The molecule has 2 heterocycles. The molecular weight excluding hydrogens is 447 g/mol. The van der Waals surface area contributed by atoms with Crippen molar-refractivity contribution in [2.45, 2.75) is 18.6 Å². The van der Waals surface area contributed by atoms with Crippen LogP contribution in [0.1, 0.15) is 5.56 Å². The predicted octanol–water partition coefficient (Wildman–Crippen LogP) is 1.18. The van der Waals surface area contributed by atoms with Gasteiger partial charge in [-0.25, -0.2) is 23.3 Å². The molecule has 1 aromatic carbocycles. The number of phosphoric ester groups is 1. The highest BCUT2D eigenvalue weighted by molar-refractivity contribution is 7.46. The van der Waals surface area contributed by atoms with Gasteiger partial charge < -0.3 is 14.3 Å². The van der Waals surface area contributed by atoms with Crippen LogP contribution in [0, 0.1) is 17.6 Å². The first-order valence-corrected chi connectivity index (χ1v) is 11.1. The number of aromatic nitrogens is 6. The first kappa shape index (κ1) is 24.1. The Morgan fingerprint density at radius 1 is 1.09 bits per heavy atom. The van der Waals surface area contributed by atoms with E-state index in [9.17, 15) is 18.7 Å². The lowest BCUT2D eigenvalue weighted by molar-refractivity contribution is -0.938. The number of likely N-dealkylation sites (N-methyl/N-ethyl adjacent to an activating group) is 1. The molecule has 11 nitrogen and oxygen atoms in total. The van der Waals surface area contributed by atoms with Crippen LogP contribution >= 0.6 is 7.82 Å². The summed E-state index contributed by atoms with van der Waals surface area (Å²) < 4.78 is 48.7. The predicted molar refractivity (Wildman–Crippen MR) is 108 cm³/mol. The van der Waals surface area contributed by atoms with Crippen LogP contribution < -0.4 is 0 Å². The van der Waals surface area contributed by atoms with Gasteiger partial charge in [0.25, 0.3) is 0 Å². The zero-order valence-electron chi connectivity index (χ0n) is 17.8. The van der Waals surface area contributed by atoms with Crippen molar-refractivity contribution in [3.05, 3.63) is 60.7 Å². The molecule has 0 amide bonds. The van der Waals surface area contributed by atoms with Gasteiger partial charge in [0.15, 0.2) is 5.54 Å². The van der Waals surface area contributed by atoms with E-state index in [1.165, 1.54) is 40.7 Å². The molecule has 0 spiro atoms. The molecule has 2 N–H and O–H groups in total. The first-order chi connectivity index (χ1) is 14.9. The maximum Gasteiger partial charge on any atom is 0.469 e. The number of rotatable bonds is 10. The van der Waals surface area contributed by atoms with E-state index >= 15 is 4.39 Å². The van der Waals surface area contributed by atoms with E-state index in [2.05, 4.69) is 20.2 Å². The number of hydrogen-bond acceptors (Lipinski definition) is 6. The molecule has 0 fully saturated rings. The number of nitrogens with zero attached hydrogens (tertiary/aromatic N) is 7. The molecule has 3 aromatic rings. The maximum absolute atomic E-state index is 15.2. The van der Waals surface area contributed by atoms with Crippen molar-refractivity contribution in [3.8, 4) is 0 Å². The minimum atomic E-state index is -4.93. The van der Waals surface area contributed by atoms with E-state index in [1.54, 1.807) is 21.1 Å². The van der Waals surface area contributed by atoms with Gasteiger partial charge in [0.05, 0.1) is 45.7 Å². The smallest absolute Gasteiger partial charge is 0.320 e. The molecule has 0 aliphatic rings. The van der Waals surface area contributed by atoms with Crippen molar-refractivity contribution < 1.29 is 32.1 Å². The molecule has 1 unspecified atom stereocenters. The summed E-state index contributed by atoms with van der Waals surface area (Å²) in [5, 5.41) is 8.25. The van der Waals surface area contributed by atoms with Gasteiger partial charge in [0.1, 0.15) is 43.6 Å². The zero-order chi connectivity index (χ0) is 23.6. The standard InChI is InChI=1S/C18H24F2N7O4P/c1-27(2,3)18(9-31-32(28,29)30,16-5-4-15(19)6-17(16)20)14(7-25-12-21-10-23-25)8-26-13-22-11-24-26/h4-6,10-14H,7-9H2,1-3H3,(H-,28,29,30)/p+1. The minimum absolute atomic E-state index is 0.0242. The van der Waals surface area contributed by atoms with Crippen molar-refractivity contribution in [2.24, 2.45) is 5.92 Å². The third kappa shape index (κ3) is 5.25. The van der Waals surface area contributed by atoms with Gasteiger partial charge in [-0.15, -0.1) is 0 Å². The molecule has 14 heteroatoms. The summed E-state index contributed by atoms with van der Waals surface area (Å²) in [6.07, 6.45) is 5.62. The second kappa shape index (κ2) is 9.12. The van der Waals surface area contributed by atoms with Crippen molar-refractivity contribution in [3.63, 3.8) is 0 Å². The average molecular weight is 472 g/mol. The normalized spacial score (nSPS) is 14.6. The minimum Gasteiger partial charge on any atom is -0.320 e. The maximum atomic E-state index is 15.2. The Balaban J connectivity index is 2.24. The molecule has 1 atom stereocenters. The Hall–Kier alpha value is -2.57. The highest BCUT2D eigenvalue weighted by Crippen LogP contribution is 2.46. The Kier molecular flexibility index (Phi) is 6.86. The molecule has 0 radical (unpaired) electrons. The van der Waals surface area contributed by atoms with E-state index in [1.807, 2.05) is 0 Å². The summed E-state index contributed by atoms with van der Waals surface area (Å²) >= 11 is 0. The van der Waals surface area contributed by atoms with Gasteiger partial charge in [-0.2, -0.15) is 10.2 Å². The third-order valence-electron chi connectivity index (χ3n) is 5.47. The fourth-order valence-corrected chi connectivity index (χ4v) is 4.37. The van der Waals surface area contributed by atoms with Crippen LogP contribution in [0.15, 0.2) is 43.5 Å². The SMILES string of the molecule is C[N+](C)(C)C(COP(=O)(O)O)(c1ccc(F)cc1F)C(Cn1cncn1)Cn1cncn1. The summed E-state index contributed by atoms with van der Waals surface area (Å²) in [5.41, 5.74) is -1.39. The van der Waals surface area contributed by atoms with Crippen LogP contribution in [-0.4, -0.2) is 71.5 Å². The highest BCUT2D eigenvalue weighted by Gasteiger charge is 2.54. The van der Waals surface area contributed by atoms with Crippen LogP contribution in [0.25, 0.3) is 0 Å². The summed E-state index contributed by atoms with van der Waals surface area (Å²) in [4.78, 5) is 26.8. The Labute approximate surface area is 183 Å². The molecule has 3 rings (SSSR count). The van der Waals surface area contributed by atoms with Crippen molar-refractivity contribution in [2.75, 3.05) is 27.7 Å². The van der Waals surface area contributed by atoms with Gasteiger partial charge >= 0.3 is 7.82 Å². The van der Waals surface area contributed by atoms with Crippen molar-refractivity contribution >= 4 is 7.82 Å². The summed E-state index contributed by atoms with van der Waals surface area (Å²) in [5.74, 6) is -2.26. The van der Waals surface area contributed by atoms with E-state index in [0.29, 0.717) is 0 Å². The van der Waals surface area contributed by atoms with E-state index in [-0.39, 0.29) is 23.1 Å². The second-order valence-electron chi connectivity index (χ2n) is 8.26. The van der Waals surface area contributed by atoms with E-state index in [4.69, 9.17) is 4.52 Å². The molecule has 0 bridgehead atoms. The largest absolute Gasteiger partial charge is 0.469 e. The third-order valence-corrected chi connectivity index (χ3v) is 5.94. The van der Waals surface area contributed by atoms with Crippen LogP contribution in [0.5, 0.6) is 0 Å². The molecule has 2 aromatic heterocycles. The number of hydrogen-bond donors (Lipinski definition) is 2. The van der Waals surface area contributed by atoms with Crippen molar-refractivity contribution in [1.82, 2.24) is 29.5 Å². The summed E-state index contributed by atoms with van der Waals surface area (Å²) in [6, 6.07) is 3.11. The van der Waals surface area contributed by atoms with Crippen LogP contribution in [0.3, 0.4) is 0 Å². The molecule has 174 valence electrons. The highest BCUT2D eigenvalue weighted by atomic mass is 31.2. The van der Waals surface area contributed by atoms with Crippen LogP contribution in [0.4, 0.5) is 8.78 Å². The summed E-state index contributed by atoms with van der Waals surface area (Å²) in [7, 11) is 0.279. The van der Waals surface area contributed by atoms with Crippen molar-refractivity contribution in [1.29, 1.82) is 0 Å². The fourth-order valence-electron chi connectivity index (χ4n) is 4.01. The van der Waals surface area contributed by atoms with E-state index in [0.717, 1.165) is 12.1 Å². The average Bonchev–Trinajstić information content (AvgIpc) is 3.35. The number of halogens is 2. The Morgan fingerprint density at radius 3 is 2.06 bits per heavy atom. The Bertz CT molecular complexity index is 1030. The van der Waals surface area contributed by atoms with Crippen LogP contribution in [0.2, 0.25) is 0 Å². The number of benzene rings is 1. The lowest BCUT2D eigenvalue weighted by atomic mass is 9.75. The second-order valence-corrected chi connectivity index (χ2v) is 9.50. The molecule has 0 aliphatic carbocycles. The fraction of sp³-hybridized carbons (Fsp3) is 0.444.